The van der Waals surface area contributed by atoms with Crippen LogP contribution in [0.2, 0.25) is 0 Å². The van der Waals surface area contributed by atoms with Crippen molar-refractivity contribution in [3.05, 3.63) is 30.1 Å². The molecule has 6 nitrogen and oxygen atoms in total. The highest BCUT2D eigenvalue weighted by atomic mass is 19.1. The molecule has 21 heavy (non-hydrogen) atoms. The Bertz CT molecular complexity index is 476. The van der Waals surface area contributed by atoms with Crippen LogP contribution in [0.1, 0.15) is 13.8 Å². The number of benzene rings is 1. The van der Waals surface area contributed by atoms with E-state index >= 15 is 0 Å². The number of halogens is 1. The van der Waals surface area contributed by atoms with E-state index in [0.717, 1.165) is 6.07 Å². The van der Waals surface area contributed by atoms with Crippen molar-refractivity contribution in [2.24, 2.45) is 0 Å². The highest BCUT2D eigenvalue weighted by molar-refractivity contribution is 6.39. The lowest BCUT2D eigenvalue weighted by atomic mass is 10.3. The SMILES string of the molecule is CCOC(CNC(=O)C(=O)Nc1cccc(F)c1)OCC. The summed E-state index contributed by atoms with van der Waals surface area (Å²) in [6, 6.07) is 5.28. The summed E-state index contributed by atoms with van der Waals surface area (Å²) >= 11 is 0. The molecular formula is C14H19FN2O4. The van der Waals surface area contributed by atoms with Crippen LogP contribution in [0.15, 0.2) is 24.3 Å². The summed E-state index contributed by atoms with van der Waals surface area (Å²) in [5.74, 6) is -2.23. The average Bonchev–Trinajstić information content (AvgIpc) is 2.45. The summed E-state index contributed by atoms with van der Waals surface area (Å²) in [7, 11) is 0. The van der Waals surface area contributed by atoms with Crippen molar-refractivity contribution in [3.63, 3.8) is 0 Å². The fourth-order valence-electron chi connectivity index (χ4n) is 1.55. The first-order chi connectivity index (χ1) is 10.1. The van der Waals surface area contributed by atoms with E-state index in [9.17, 15) is 14.0 Å². The monoisotopic (exact) mass is 298 g/mol. The van der Waals surface area contributed by atoms with Gasteiger partial charge in [-0.05, 0) is 32.0 Å². The van der Waals surface area contributed by atoms with E-state index in [0.29, 0.717) is 13.2 Å². The zero-order valence-electron chi connectivity index (χ0n) is 12.0. The number of amides is 2. The lowest BCUT2D eigenvalue weighted by Gasteiger charge is -2.17. The summed E-state index contributed by atoms with van der Waals surface area (Å²) in [5, 5.41) is 4.69. The molecule has 0 atom stereocenters. The molecule has 0 saturated heterocycles. The van der Waals surface area contributed by atoms with Gasteiger partial charge in [-0.3, -0.25) is 9.59 Å². The molecule has 0 aliphatic heterocycles. The smallest absolute Gasteiger partial charge is 0.313 e. The quantitative estimate of drug-likeness (QED) is 0.587. The van der Waals surface area contributed by atoms with E-state index in [-0.39, 0.29) is 12.2 Å². The number of hydrogen-bond donors (Lipinski definition) is 2. The van der Waals surface area contributed by atoms with Gasteiger partial charge in [-0.15, -0.1) is 0 Å². The molecule has 0 heterocycles. The molecule has 1 aromatic rings. The summed E-state index contributed by atoms with van der Waals surface area (Å²) < 4.78 is 23.4. The highest BCUT2D eigenvalue weighted by Crippen LogP contribution is 2.08. The first kappa shape index (κ1) is 17.1. The summed E-state index contributed by atoms with van der Waals surface area (Å²) in [4.78, 5) is 23.2. The number of nitrogens with one attached hydrogen (secondary N) is 2. The van der Waals surface area contributed by atoms with Gasteiger partial charge in [0.1, 0.15) is 5.82 Å². The molecule has 1 aromatic carbocycles. The third kappa shape index (κ3) is 6.33. The Morgan fingerprint density at radius 1 is 1.19 bits per heavy atom. The van der Waals surface area contributed by atoms with Crippen LogP contribution >= 0.6 is 0 Å². The van der Waals surface area contributed by atoms with Crippen LogP contribution in [0, 0.1) is 5.82 Å². The van der Waals surface area contributed by atoms with E-state index < -0.39 is 23.9 Å². The molecule has 2 N–H and O–H groups in total. The Morgan fingerprint density at radius 2 is 1.86 bits per heavy atom. The van der Waals surface area contributed by atoms with Gasteiger partial charge in [0, 0.05) is 18.9 Å². The zero-order valence-corrected chi connectivity index (χ0v) is 12.0. The van der Waals surface area contributed by atoms with Gasteiger partial charge in [-0.1, -0.05) is 6.07 Å². The van der Waals surface area contributed by atoms with E-state index in [1.54, 1.807) is 13.8 Å². The van der Waals surface area contributed by atoms with Crippen LogP contribution in [0.25, 0.3) is 0 Å². The number of carbonyl (C=O) groups excluding carboxylic acids is 2. The largest absolute Gasteiger partial charge is 0.351 e. The van der Waals surface area contributed by atoms with E-state index in [4.69, 9.17) is 9.47 Å². The van der Waals surface area contributed by atoms with Gasteiger partial charge in [0.15, 0.2) is 6.29 Å². The third-order valence-electron chi connectivity index (χ3n) is 2.42. The first-order valence-corrected chi connectivity index (χ1v) is 6.64. The van der Waals surface area contributed by atoms with E-state index in [1.165, 1.54) is 18.2 Å². The fourth-order valence-corrected chi connectivity index (χ4v) is 1.55. The summed E-state index contributed by atoms with van der Waals surface area (Å²) in [6.45, 7) is 4.50. The molecule has 0 radical (unpaired) electrons. The van der Waals surface area contributed by atoms with Crippen molar-refractivity contribution in [2.45, 2.75) is 20.1 Å². The lowest BCUT2D eigenvalue weighted by molar-refractivity contribution is -0.145. The maximum Gasteiger partial charge on any atom is 0.313 e. The second kappa shape index (κ2) is 9.04. The molecule has 0 fully saturated rings. The molecular weight excluding hydrogens is 279 g/mol. The predicted molar refractivity (Wildman–Crippen MR) is 75.1 cm³/mol. The second-order valence-corrected chi connectivity index (χ2v) is 4.01. The van der Waals surface area contributed by atoms with Gasteiger partial charge in [0.2, 0.25) is 0 Å². The van der Waals surface area contributed by atoms with Gasteiger partial charge in [0.25, 0.3) is 0 Å². The normalized spacial score (nSPS) is 10.5. The maximum atomic E-state index is 13.0. The molecule has 0 saturated carbocycles. The molecule has 0 aliphatic rings. The van der Waals surface area contributed by atoms with Crippen LogP contribution in [-0.2, 0) is 19.1 Å². The first-order valence-electron chi connectivity index (χ1n) is 6.64. The minimum Gasteiger partial charge on any atom is -0.351 e. The molecule has 2 amide bonds. The molecule has 1 rings (SSSR count). The Balaban J connectivity index is 2.45. The Labute approximate surface area is 122 Å². The van der Waals surface area contributed by atoms with Gasteiger partial charge in [0.05, 0.1) is 6.54 Å². The highest BCUT2D eigenvalue weighted by Gasteiger charge is 2.16. The lowest BCUT2D eigenvalue weighted by Crippen LogP contribution is -2.41. The molecule has 0 unspecified atom stereocenters. The van der Waals surface area contributed by atoms with Crippen molar-refractivity contribution in [2.75, 3.05) is 25.1 Å². The number of anilines is 1. The second-order valence-electron chi connectivity index (χ2n) is 4.01. The van der Waals surface area contributed by atoms with E-state index in [2.05, 4.69) is 10.6 Å². The van der Waals surface area contributed by atoms with Gasteiger partial charge < -0.3 is 20.1 Å². The van der Waals surface area contributed by atoms with Gasteiger partial charge in [-0.2, -0.15) is 0 Å². The number of carbonyl (C=O) groups is 2. The Hall–Kier alpha value is -1.99. The maximum absolute atomic E-state index is 13.0. The summed E-state index contributed by atoms with van der Waals surface area (Å²) in [6.07, 6.45) is -0.606. The summed E-state index contributed by atoms with van der Waals surface area (Å²) in [5.41, 5.74) is 0.210. The molecule has 0 aliphatic carbocycles. The zero-order chi connectivity index (χ0) is 15.7. The van der Waals surface area contributed by atoms with Crippen LogP contribution in [0.3, 0.4) is 0 Å². The Morgan fingerprint density at radius 3 is 2.43 bits per heavy atom. The van der Waals surface area contributed by atoms with Crippen molar-refractivity contribution in [1.29, 1.82) is 0 Å². The van der Waals surface area contributed by atoms with Crippen molar-refractivity contribution < 1.29 is 23.5 Å². The number of rotatable bonds is 7. The van der Waals surface area contributed by atoms with Crippen LogP contribution in [-0.4, -0.2) is 37.9 Å². The van der Waals surface area contributed by atoms with Gasteiger partial charge >= 0.3 is 11.8 Å². The average molecular weight is 298 g/mol. The minimum absolute atomic E-state index is 0.0527. The van der Waals surface area contributed by atoms with Crippen LogP contribution < -0.4 is 10.6 Å². The number of ether oxygens (including phenoxy) is 2. The fraction of sp³-hybridized carbons (Fsp3) is 0.429. The topological polar surface area (TPSA) is 76.7 Å². The Kier molecular flexibility index (Phi) is 7.34. The predicted octanol–water partition coefficient (Wildman–Crippen LogP) is 1.28. The van der Waals surface area contributed by atoms with Crippen molar-refractivity contribution in [3.8, 4) is 0 Å². The van der Waals surface area contributed by atoms with Crippen molar-refractivity contribution in [1.82, 2.24) is 5.32 Å². The molecule has 0 bridgehead atoms. The van der Waals surface area contributed by atoms with E-state index in [1.807, 2.05) is 0 Å². The number of hydrogen-bond acceptors (Lipinski definition) is 4. The molecule has 7 heteroatoms. The minimum atomic E-state index is -0.882. The van der Waals surface area contributed by atoms with Crippen LogP contribution in [0.5, 0.6) is 0 Å². The molecule has 0 aromatic heterocycles. The van der Waals surface area contributed by atoms with Crippen molar-refractivity contribution >= 4 is 17.5 Å². The molecule has 0 spiro atoms. The van der Waals surface area contributed by atoms with Crippen LogP contribution in [0.4, 0.5) is 10.1 Å². The third-order valence-corrected chi connectivity index (χ3v) is 2.42. The van der Waals surface area contributed by atoms with Gasteiger partial charge in [-0.25, -0.2) is 4.39 Å². The standard InChI is InChI=1S/C14H19FN2O4/c1-3-20-12(21-4-2)9-16-13(18)14(19)17-11-7-5-6-10(15)8-11/h5-8,12H,3-4,9H2,1-2H3,(H,16,18)(H,17,19). The molecule has 116 valence electrons.